The molecule has 4 heteroatoms. The Morgan fingerprint density at radius 1 is 1.42 bits per heavy atom. The summed E-state index contributed by atoms with van der Waals surface area (Å²) in [6, 6.07) is 7.33. The van der Waals surface area contributed by atoms with Crippen LogP contribution in [0.25, 0.3) is 0 Å². The SMILES string of the molecule is NCC#Cc1ccc(C(=O)NC2CCCOC2)cc1. The maximum Gasteiger partial charge on any atom is 0.251 e. The highest BCUT2D eigenvalue weighted by Crippen LogP contribution is 2.08. The molecule has 1 fully saturated rings. The molecule has 0 bridgehead atoms. The van der Waals surface area contributed by atoms with Crippen LogP contribution < -0.4 is 11.1 Å². The highest BCUT2D eigenvalue weighted by atomic mass is 16.5. The van der Waals surface area contributed by atoms with Crippen LogP contribution in [-0.2, 0) is 4.74 Å². The molecule has 0 aliphatic carbocycles. The van der Waals surface area contributed by atoms with Gasteiger partial charge in [-0.05, 0) is 37.1 Å². The molecule has 1 aliphatic heterocycles. The number of nitrogens with two attached hydrogens (primary N) is 1. The molecule has 2 rings (SSSR count). The number of hydrogen-bond acceptors (Lipinski definition) is 3. The van der Waals surface area contributed by atoms with E-state index in [4.69, 9.17) is 10.5 Å². The van der Waals surface area contributed by atoms with Gasteiger partial charge in [-0.1, -0.05) is 11.8 Å². The van der Waals surface area contributed by atoms with E-state index in [1.54, 1.807) is 12.1 Å². The second-order valence-electron chi connectivity index (χ2n) is 4.47. The van der Waals surface area contributed by atoms with Gasteiger partial charge < -0.3 is 15.8 Å². The van der Waals surface area contributed by atoms with Gasteiger partial charge in [0.15, 0.2) is 0 Å². The number of ether oxygens (including phenoxy) is 1. The molecule has 1 aliphatic rings. The average Bonchev–Trinajstić information content (AvgIpc) is 2.46. The van der Waals surface area contributed by atoms with Crippen molar-refractivity contribution in [3.05, 3.63) is 35.4 Å². The van der Waals surface area contributed by atoms with Crippen molar-refractivity contribution in [3.63, 3.8) is 0 Å². The lowest BCUT2D eigenvalue weighted by Gasteiger charge is -2.23. The summed E-state index contributed by atoms with van der Waals surface area (Å²) in [5, 5.41) is 2.98. The van der Waals surface area contributed by atoms with Crippen molar-refractivity contribution in [2.75, 3.05) is 19.8 Å². The van der Waals surface area contributed by atoms with Crippen molar-refractivity contribution in [2.45, 2.75) is 18.9 Å². The Balaban J connectivity index is 1.95. The third kappa shape index (κ3) is 4.09. The minimum Gasteiger partial charge on any atom is -0.379 e. The summed E-state index contributed by atoms with van der Waals surface area (Å²) >= 11 is 0. The van der Waals surface area contributed by atoms with Gasteiger partial charge in [0.2, 0.25) is 0 Å². The molecule has 100 valence electrons. The zero-order chi connectivity index (χ0) is 13.5. The van der Waals surface area contributed by atoms with Crippen molar-refractivity contribution in [2.24, 2.45) is 5.73 Å². The second kappa shape index (κ2) is 6.93. The highest BCUT2D eigenvalue weighted by molar-refractivity contribution is 5.94. The molecule has 1 aromatic carbocycles. The molecule has 1 amide bonds. The Kier molecular flexibility index (Phi) is 4.96. The van der Waals surface area contributed by atoms with Crippen LogP contribution in [0.4, 0.5) is 0 Å². The zero-order valence-electron chi connectivity index (χ0n) is 10.8. The molecule has 1 saturated heterocycles. The minimum absolute atomic E-state index is 0.0613. The predicted octanol–water partition coefficient (Wildman–Crippen LogP) is 0.906. The Labute approximate surface area is 113 Å². The normalized spacial score (nSPS) is 18.3. The predicted molar refractivity (Wildman–Crippen MR) is 73.7 cm³/mol. The van der Waals surface area contributed by atoms with Crippen LogP contribution in [0.1, 0.15) is 28.8 Å². The van der Waals surface area contributed by atoms with Gasteiger partial charge in [-0.15, -0.1) is 0 Å². The first-order chi connectivity index (χ1) is 9.29. The largest absolute Gasteiger partial charge is 0.379 e. The third-order valence-corrected chi connectivity index (χ3v) is 2.98. The molecule has 1 heterocycles. The summed E-state index contributed by atoms with van der Waals surface area (Å²) in [5.41, 5.74) is 6.82. The molecule has 19 heavy (non-hydrogen) atoms. The van der Waals surface area contributed by atoms with E-state index < -0.39 is 0 Å². The van der Waals surface area contributed by atoms with Gasteiger partial charge in [-0.2, -0.15) is 0 Å². The first-order valence-corrected chi connectivity index (χ1v) is 6.47. The van der Waals surface area contributed by atoms with Crippen molar-refractivity contribution >= 4 is 5.91 Å². The van der Waals surface area contributed by atoms with Crippen molar-refractivity contribution < 1.29 is 9.53 Å². The fourth-order valence-electron chi connectivity index (χ4n) is 1.98. The monoisotopic (exact) mass is 258 g/mol. The van der Waals surface area contributed by atoms with Crippen LogP contribution >= 0.6 is 0 Å². The van der Waals surface area contributed by atoms with Crippen LogP contribution in [0.3, 0.4) is 0 Å². The fraction of sp³-hybridized carbons (Fsp3) is 0.400. The maximum atomic E-state index is 12.0. The molecule has 0 radical (unpaired) electrons. The first-order valence-electron chi connectivity index (χ1n) is 6.47. The quantitative estimate of drug-likeness (QED) is 0.775. The summed E-state index contributed by atoms with van der Waals surface area (Å²) in [6.07, 6.45) is 1.98. The van der Waals surface area contributed by atoms with Crippen LogP contribution in [0, 0.1) is 11.8 Å². The molecule has 1 unspecified atom stereocenters. The van der Waals surface area contributed by atoms with Crippen LogP contribution in [0.5, 0.6) is 0 Å². The van der Waals surface area contributed by atoms with Gasteiger partial charge in [0.25, 0.3) is 5.91 Å². The van der Waals surface area contributed by atoms with E-state index in [-0.39, 0.29) is 11.9 Å². The standard InChI is InChI=1S/C15H18N2O2/c16-9-1-3-12-5-7-13(8-6-12)15(18)17-14-4-2-10-19-11-14/h5-8,14H,2,4,9-11,16H2,(H,17,18). The van der Waals surface area contributed by atoms with E-state index in [1.807, 2.05) is 12.1 Å². The van der Waals surface area contributed by atoms with E-state index in [1.165, 1.54) is 0 Å². The first kappa shape index (κ1) is 13.6. The van der Waals surface area contributed by atoms with Crippen molar-refractivity contribution in [3.8, 4) is 11.8 Å². The van der Waals surface area contributed by atoms with Crippen LogP contribution in [0.2, 0.25) is 0 Å². The number of benzene rings is 1. The van der Waals surface area contributed by atoms with Gasteiger partial charge in [0.1, 0.15) is 0 Å². The van der Waals surface area contributed by atoms with Crippen LogP contribution in [0.15, 0.2) is 24.3 Å². The summed E-state index contributed by atoms with van der Waals surface area (Å²) in [5.74, 6) is 5.64. The maximum absolute atomic E-state index is 12.0. The summed E-state index contributed by atoms with van der Waals surface area (Å²) in [6.45, 7) is 1.73. The van der Waals surface area contributed by atoms with Gasteiger partial charge >= 0.3 is 0 Å². The molecule has 0 saturated carbocycles. The van der Waals surface area contributed by atoms with E-state index in [9.17, 15) is 4.79 Å². The molecule has 1 aromatic rings. The number of nitrogens with one attached hydrogen (secondary N) is 1. The van der Waals surface area contributed by atoms with Gasteiger partial charge in [-0.3, -0.25) is 4.79 Å². The summed E-state index contributed by atoms with van der Waals surface area (Å²) in [4.78, 5) is 12.0. The van der Waals surface area contributed by atoms with E-state index in [0.717, 1.165) is 25.0 Å². The van der Waals surface area contributed by atoms with E-state index in [0.29, 0.717) is 18.7 Å². The Morgan fingerprint density at radius 3 is 2.84 bits per heavy atom. The van der Waals surface area contributed by atoms with E-state index >= 15 is 0 Å². The summed E-state index contributed by atoms with van der Waals surface area (Å²) < 4.78 is 5.34. The Morgan fingerprint density at radius 2 is 2.21 bits per heavy atom. The van der Waals surface area contributed by atoms with Crippen LogP contribution in [-0.4, -0.2) is 31.7 Å². The molecular formula is C15H18N2O2. The third-order valence-electron chi connectivity index (χ3n) is 2.98. The second-order valence-corrected chi connectivity index (χ2v) is 4.47. The van der Waals surface area contributed by atoms with E-state index in [2.05, 4.69) is 17.2 Å². The average molecular weight is 258 g/mol. The number of rotatable bonds is 2. The number of carbonyl (C=O) groups is 1. The van der Waals surface area contributed by atoms with Crippen molar-refractivity contribution in [1.29, 1.82) is 0 Å². The highest BCUT2D eigenvalue weighted by Gasteiger charge is 2.16. The molecule has 1 atom stereocenters. The lowest BCUT2D eigenvalue weighted by atomic mass is 10.1. The lowest BCUT2D eigenvalue weighted by molar-refractivity contribution is 0.0624. The molecule has 4 nitrogen and oxygen atoms in total. The number of hydrogen-bond donors (Lipinski definition) is 2. The zero-order valence-corrected chi connectivity index (χ0v) is 10.8. The molecule has 0 aromatic heterocycles. The van der Waals surface area contributed by atoms with Crippen molar-refractivity contribution in [1.82, 2.24) is 5.32 Å². The topological polar surface area (TPSA) is 64.4 Å². The smallest absolute Gasteiger partial charge is 0.251 e. The van der Waals surface area contributed by atoms with Gasteiger partial charge in [-0.25, -0.2) is 0 Å². The molecule has 0 spiro atoms. The fourth-order valence-corrected chi connectivity index (χ4v) is 1.98. The Bertz CT molecular complexity index is 479. The lowest BCUT2D eigenvalue weighted by Crippen LogP contribution is -2.40. The summed E-state index contributed by atoms with van der Waals surface area (Å²) in [7, 11) is 0. The Hall–Kier alpha value is -1.83. The van der Waals surface area contributed by atoms with Gasteiger partial charge in [0.05, 0.1) is 19.2 Å². The molecule has 3 N–H and O–H groups in total. The number of carbonyl (C=O) groups excluding carboxylic acids is 1. The number of amides is 1. The molecular weight excluding hydrogens is 240 g/mol. The minimum atomic E-state index is -0.0613. The van der Waals surface area contributed by atoms with Gasteiger partial charge in [0, 0.05) is 17.7 Å².